The first-order valence-electron chi connectivity index (χ1n) is 9.15. The van der Waals surface area contributed by atoms with Crippen LogP contribution in [0.1, 0.15) is 33.9 Å². The van der Waals surface area contributed by atoms with Gasteiger partial charge in [0.25, 0.3) is 0 Å². The van der Waals surface area contributed by atoms with Crippen molar-refractivity contribution in [3.63, 3.8) is 0 Å². The summed E-state index contributed by atoms with van der Waals surface area (Å²) in [6.07, 6.45) is 3.97. The lowest BCUT2D eigenvalue weighted by molar-refractivity contribution is -0.123. The SMILES string of the molecule is Cl.O=C(CN1CCN(Cc2ccncc2)CC1)NC1CC(=O)c2c(Br)sc(Br)c21. The van der Waals surface area contributed by atoms with E-state index in [9.17, 15) is 9.59 Å². The number of piperazine rings is 1. The molecule has 0 saturated carbocycles. The topological polar surface area (TPSA) is 65.5 Å². The zero-order valence-corrected chi connectivity index (χ0v) is 20.4. The van der Waals surface area contributed by atoms with Gasteiger partial charge in [-0.2, -0.15) is 0 Å². The van der Waals surface area contributed by atoms with Crippen molar-refractivity contribution >= 4 is 67.3 Å². The van der Waals surface area contributed by atoms with E-state index in [0.717, 1.165) is 45.9 Å². The first-order valence-corrected chi connectivity index (χ1v) is 11.6. The second-order valence-electron chi connectivity index (χ2n) is 7.09. The Kier molecular flexibility index (Phi) is 7.86. The lowest BCUT2D eigenvalue weighted by Gasteiger charge is -2.34. The summed E-state index contributed by atoms with van der Waals surface area (Å²) in [5.41, 5.74) is 2.89. The van der Waals surface area contributed by atoms with Crippen LogP contribution in [-0.4, -0.2) is 59.2 Å². The number of hydrogen-bond acceptors (Lipinski definition) is 6. The normalized spacial score (nSPS) is 19.7. The summed E-state index contributed by atoms with van der Waals surface area (Å²) in [4.78, 5) is 33.4. The van der Waals surface area contributed by atoms with Crippen molar-refractivity contribution in [2.45, 2.75) is 19.0 Å². The Morgan fingerprint density at radius 2 is 1.79 bits per heavy atom. The standard InChI is InChI=1S/C19H20Br2N4O2S.ClH/c20-18-16-13(9-14(26)17(16)19(21)28-18)23-15(27)11-25-7-5-24(6-8-25)10-12-1-3-22-4-2-12;/h1-4,13H,5-11H2,(H,23,27);1H. The van der Waals surface area contributed by atoms with Crippen molar-refractivity contribution in [3.05, 3.63) is 48.8 Å². The Morgan fingerprint density at radius 3 is 2.48 bits per heavy atom. The van der Waals surface area contributed by atoms with Gasteiger partial charge in [-0.1, -0.05) is 0 Å². The third kappa shape index (κ3) is 5.26. The quantitative estimate of drug-likeness (QED) is 0.601. The molecule has 1 unspecified atom stereocenters. The van der Waals surface area contributed by atoms with Gasteiger partial charge in [0.1, 0.15) is 0 Å². The second kappa shape index (κ2) is 9.98. The first-order chi connectivity index (χ1) is 13.5. The van der Waals surface area contributed by atoms with Gasteiger partial charge in [-0.15, -0.1) is 23.7 Å². The lowest BCUT2D eigenvalue weighted by Crippen LogP contribution is -2.49. The number of fused-ring (bicyclic) bond motifs is 1. The van der Waals surface area contributed by atoms with E-state index in [1.54, 1.807) is 0 Å². The number of rotatable bonds is 5. The smallest absolute Gasteiger partial charge is 0.234 e. The number of halogens is 3. The highest BCUT2D eigenvalue weighted by Gasteiger charge is 2.36. The molecule has 4 rings (SSSR count). The van der Waals surface area contributed by atoms with Crippen molar-refractivity contribution in [1.82, 2.24) is 20.1 Å². The fraction of sp³-hybridized carbons (Fsp3) is 0.421. The van der Waals surface area contributed by atoms with Crippen LogP contribution in [0, 0.1) is 0 Å². The first kappa shape index (κ1) is 22.8. The molecular formula is C19H21Br2ClN4O2S. The number of ketones is 1. The summed E-state index contributed by atoms with van der Waals surface area (Å²) < 4.78 is 1.75. The number of carbonyl (C=O) groups is 2. The van der Waals surface area contributed by atoms with Crippen LogP contribution in [0.25, 0.3) is 0 Å². The molecule has 10 heteroatoms. The number of Topliss-reactive ketones (excluding diaryl/α,β-unsaturated/α-hetero) is 1. The van der Waals surface area contributed by atoms with Gasteiger partial charge in [-0.25, -0.2) is 0 Å². The predicted octanol–water partition coefficient (Wildman–Crippen LogP) is 3.65. The fourth-order valence-electron chi connectivity index (χ4n) is 3.77. The molecule has 2 aliphatic rings. The Hall–Kier alpha value is -0.840. The Morgan fingerprint density at radius 1 is 1.14 bits per heavy atom. The molecule has 6 nitrogen and oxygen atoms in total. The molecule has 1 saturated heterocycles. The minimum atomic E-state index is -0.236. The summed E-state index contributed by atoms with van der Waals surface area (Å²) in [6.45, 7) is 4.88. The minimum absolute atomic E-state index is 0. The molecule has 0 aromatic carbocycles. The maximum absolute atomic E-state index is 12.6. The van der Waals surface area contributed by atoms with Gasteiger partial charge in [0.05, 0.1) is 20.2 Å². The van der Waals surface area contributed by atoms with E-state index in [1.165, 1.54) is 16.9 Å². The molecule has 1 atom stereocenters. The van der Waals surface area contributed by atoms with Crippen LogP contribution in [-0.2, 0) is 11.3 Å². The highest BCUT2D eigenvalue weighted by Crippen LogP contribution is 2.46. The van der Waals surface area contributed by atoms with Gasteiger partial charge in [0.15, 0.2) is 5.78 Å². The van der Waals surface area contributed by atoms with Crippen molar-refractivity contribution in [3.8, 4) is 0 Å². The molecule has 0 radical (unpaired) electrons. The van der Waals surface area contributed by atoms with Gasteiger partial charge < -0.3 is 5.32 Å². The van der Waals surface area contributed by atoms with Crippen LogP contribution in [0.15, 0.2) is 32.1 Å². The third-order valence-corrected chi connectivity index (χ3v) is 7.77. The number of hydrogen-bond donors (Lipinski definition) is 1. The third-order valence-electron chi connectivity index (χ3n) is 5.20. The molecule has 1 aliphatic carbocycles. The molecule has 156 valence electrons. The molecule has 3 heterocycles. The average molecular weight is 565 g/mol. The maximum Gasteiger partial charge on any atom is 0.234 e. The summed E-state index contributed by atoms with van der Waals surface area (Å²) in [5.74, 6) is 0.0568. The molecule has 1 fully saturated rings. The largest absolute Gasteiger partial charge is 0.348 e. The molecule has 1 aliphatic heterocycles. The highest BCUT2D eigenvalue weighted by molar-refractivity contribution is 9.12. The fourth-order valence-corrected chi connectivity index (χ4v) is 7.14. The van der Waals surface area contributed by atoms with Crippen LogP contribution >= 0.6 is 55.6 Å². The minimum Gasteiger partial charge on any atom is -0.348 e. The van der Waals surface area contributed by atoms with E-state index in [1.807, 2.05) is 24.5 Å². The summed E-state index contributed by atoms with van der Waals surface area (Å²) in [7, 11) is 0. The molecule has 1 N–H and O–H groups in total. The number of amides is 1. The second-order valence-corrected chi connectivity index (χ2v) is 10.7. The van der Waals surface area contributed by atoms with Crippen LogP contribution in [0.2, 0.25) is 0 Å². The van der Waals surface area contributed by atoms with E-state index < -0.39 is 0 Å². The van der Waals surface area contributed by atoms with Gasteiger partial charge >= 0.3 is 0 Å². The van der Waals surface area contributed by atoms with Gasteiger partial charge in [0, 0.05) is 62.7 Å². The predicted molar refractivity (Wildman–Crippen MR) is 123 cm³/mol. The van der Waals surface area contributed by atoms with E-state index in [0.29, 0.717) is 18.5 Å². The zero-order valence-electron chi connectivity index (χ0n) is 15.6. The number of nitrogens with zero attached hydrogens (tertiary/aromatic N) is 3. The molecular weight excluding hydrogens is 544 g/mol. The monoisotopic (exact) mass is 562 g/mol. The number of nitrogens with one attached hydrogen (secondary N) is 1. The van der Waals surface area contributed by atoms with E-state index in [2.05, 4.69) is 52.0 Å². The van der Waals surface area contributed by atoms with Crippen LogP contribution in [0.3, 0.4) is 0 Å². The summed E-state index contributed by atoms with van der Waals surface area (Å²) >= 11 is 8.46. The molecule has 1 amide bonds. The van der Waals surface area contributed by atoms with Gasteiger partial charge in [0.2, 0.25) is 5.91 Å². The van der Waals surface area contributed by atoms with Crippen molar-refractivity contribution in [2.75, 3.05) is 32.7 Å². The van der Waals surface area contributed by atoms with Gasteiger partial charge in [-0.05, 0) is 49.6 Å². The van der Waals surface area contributed by atoms with Crippen LogP contribution in [0.4, 0.5) is 0 Å². The average Bonchev–Trinajstić information content (AvgIpc) is 3.15. The Labute approximate surface area is 196 Å². The van der Waals surface area contributed by atoms with Gasteiger partial charge in [-0.3, -0.25) is 24.4 Å². The van der Waals surface area contributed by atoms with E-state index in [4.69, 9.17) is 0 Å². The van der Waals surface area contributed by atoms with E-state index in [-0.39, 0.29) is 30.1 Å². The summed E-state index contributed by atoms with van der Waals surface area (Å²) in [6, 6.07) is 3.84. The van der Waals surface area contributed by atoms with Crippen LogP contribution < -0.4 is 5.32 Å². The van der Waals surface area contributed by atoms with Crippen molar-refractivity contribution < 1.29 is 9.59 Å². The number of thiophene rings is 1. The summed E-state index contributed by atoms with van der Waals surface area (Å²) in [5, 5.41) is 3.05. The zero-order chi connectivity index (χ0) is 19.7. The Bertz CT molecular complexity index is 888. The number of aromatic nitrogens is 1. The number of pyridine rings is 1. The maximum atomic E-state index is 12.6. The lowest BCUT2D eigenvalue weighted by atomic mass is 10.2. The molecule has 29 heavy (non-hydrogen) atoms. The Balaban J connectivity index is 0.00000240. The molecule has 0 bridgehead atoms. The van der Waals surface area contributed by atoms with E-state index >= 15 is 0 Å². The number of carbonyl (C=O) groups excluding carboxylic acids is 2. The van der Waals surface area contributed by atoms with Crippen molar-refractivity contribution in [2.24, 2.45) is 0 Å². The molecule has 2 aromatic rings. The highest BCUT2D eigenvalue weighted by atomic mass is 79.9. The molecule has 0 spiro atoms. The molecule has 2 aromatic heterocycles. The van der Waals surface area contributed by atoms with Crippen molar-refractivity contribution in [1.29, 1.82) is 0 Å². The van der Waals surface area contributed by atoms with Crippen LogP contribution in [0.5, 0.6) is 0 Å².